The lowest BCUT2D eigenvalue weighted by Gasteiger charge is -2.40. The molecule has 37 heavy (non-hydrogen) atoms. The standard InChI is InChI=1S/C26H26F4N6O/c1-15(18-7-4-8-20(21(18)27)26(28,29)30)32-23-19-13-36(17-6-5-10-31-12-17)24(37)25(9-11-35(3)14-25)22(19)33-16(2)34-23/h4-8,10,12,15H,9,11,13-14H2,1-3H3,(H,32,33,34)/t15-,25?/m1/s1. The number of rotatable bonds is 4. The average molecular weight is 515 g/mol. The number of hydrogen-bond donors (Lipinski definition) is 1. The Labute approximate surface area is 211 Å². The van der Waals surface area contributed by atoms with E-state index in [1.165, 1.54) is 12.1 Å². The fraction of sp³-hybridized carbons (Fsp3) is 0.385. The zero-order valence-corrected chi connectivity index (χ0v) is 20.6. The first-order chi connectivity index (χ1) is 17.5. The molecule has 5 rings (SSSR count). The van der Waals surface area contributed by atoms with Crippen LogP contribution in [0.2, 0.25) is 0 Å². The number of nitrogens with zero attached hydrogens (tertiary/aromatic N) is 5. The van der Waals surface area contributed by atoms with Crippen molar-refractivity contribution in [3.05, 3.63) is 76.8 Å². The van der Waals surface area contributed by atoms with E-state index in [9.17, 15) is 22.4 Å². The smallest absolute Gasteiger partial charge is 0.363 e. The number of fused-ring (bicyclic) bond motifs is 2. The molecule has 0 bridgehead atoms. The number of alkyl halides is 3. The fourth-order valence-corrected chi connectivity index (χ4v) is 5.33. The Morgan fingerprint density at radius 3 is 2.59 bits per heavy atom. The van der Waals surface area contributed by atoms with Gasteiger partial charge in [0.15, 0.2) is 0 Å². The van der Waals surface area contributed by atoms with Crippen molar-refractivity contribution in [1.82, 2.24) is 19.9 Å². The summed E-state index contributed by atoms with van der Waals surface area (Å²) in [5, 5.41) is 3.13. The summed E-state index contributed by atoms with van der Waals surface area (Å²) in [6.45, 7) is 4.58. The van der Waals surface area contributed by atoms with Crippen molar-refractivity contribution < 1.29 is 22.4 Å². The van der Waals surface area contributed by atoms with Gasteiger partial charge in [-0.25, -0.2) is 14.4 Å². The summed E-state index contributed by atoms with van der Waals surface area (Å²) in [5.41, 5.74) is -0.479. The Bertz CT molecular complexity index is 1350. The second-order valence-electron chi connectivity index (χ2n) is 9.69. The molecule has 1 saturated heterocycles. The van der Waals surface area contributed by atoms with Gasteiger partial charge in [0, 0.05) is 23.9 Å². The van der Waals surface area contributed by atoms with E-state index in [4.69, 9.17) is 4.98 Å². The first kappa shape index (κ1) is 25.1. The van der Waals surface area contributed by atoms with Crippen LogP contribution < -0.4 is 10.2 Å². The summed E-state index contributed by atoms with van der Waals surface area (Å²) in [4.78, 5) is 31.1. The first-order valence-corrected chi connectivity index (χ1v) is 11.9. The van der Waals surface area contributed by atoms with Crippen LogP contribution in [-0.4, -0.2) is 45.9 Å². The highest BCUT2D eigenvalue weighted by Crippen LogP contribution is 2.44. The number of likely N-dealkylation sites (tertiary alicyclic amines) is 1. The third kappa shape index (κ3) is 4.30. The quantitative estimate of drug-likeness (QED) is 0.512. The molecule has 1 unspecified atom stereocenters. The summed E-state index contributed by atoms with van der Waals surface area (Å²) in [5.74, 6) is -0.634. The van der Waals surface area contributed by atoms with E-state index in [-0.39, 0.29) is 18.0 Å². The van der Waals surface area contributed by atoms with Gasteiger partial charge in [0.05, 0.1) is 35.7 Å². The number of pyridine rings is 1. The normalized spacial score (nSPS) is 20.8. The summed E-state index contributed by atoms with van der Waals surface area (Å²) in [6, 6.07) is 5.93. The third-order valence-electron chi connectivity index (χ3n) is 7.11. The fourth-order valence-electron chi connectivity index (χ4n) is 5.33. The molecule has 0 radical (unpaired) electrons. The summed E-state index contributed by atoms with van der Waals surface area (Å²) in [6.07, 6.45) is -1.02. The highest BCUT2D eigenvalue weighted by atomic mass is 19.4. The molecule has 11 heteroatoms. The minimum Gasteiger partial charge on any atom is -0.363 e. The molecule has 1 spiro atoms. The van der Waals surface area contributed by atoms with Gasteiger partial charge in [-0.2, -0.15) is 13.2 Å². The van der Waals surface area contributed by atoms with E-state index in [0.717, 1.165) is 6.07 Å². The molecule has 1 fully saturated rings. The van der Waals surface area contributed by atoms with E-state index >= 15 is 0 Å². The van der Waals surface area contributed by atoms with Crippen molar-refractivity contribution in [1.29, 1.82) is 0 Å². The molecule has 2 atom stereocenters. The van der Waals surface area contributed by atoms with Gasteiger partial charge in [-0.1, -0.05) is 12.1 Å². The van der Waals surface area contributed by atoms with Crippen LogP contribution in [-0.2, 0) is 22.9 Å². The van der Waals surface area contributed by atoms with Crippen LogP contribution in [0.3, 0.4) is 0 Å². The molecule has 2 aliphatic rings. The zero-order valence-electron chi connectivity index (χ0n) is 20.6. The number of carbonyl (C=O) groups is 1. The molecule has 1 aromatic carbocycles. The number of anilines is 2. The average Bonchev–Trinajstić information content (AvgIpc) is 3.24. The van der Waals surface area contributed by atoms with Gasteiger partial charge < -0.3 is 15.1 Å². The highest BCUT2D eigenvalue weighted by Gasteiger charge is 2.53. The Kier molecular flexibility index (Phi) is 6.13. The second-order valence-corrected chi connectivity index (χ2v) is 9.69. The Hall–Kier alpha value is -3.60. The van der Waals surface area contributed by atoms with Crippen LogP contribution in [0.15, 0.2) is 42.7 Å². The second kappa shape index (κ2) is 9.05. The molecule has 2 aromatic heterocycles. The monoisotopic (exact) mass is 514 g/mol. The van der Waals surface area contributed by atoms with Crippen LogP contribution in [0, 0.1) is 12.7 Å². The van der Waals surface area contributed by atoms with Crippen molar-refractivity contribution >= 4 is 17.4 Å². The molecule has 194 valence electrons. The van der Waals surface area contributed by atoms with Crippen LogP contribution in [0.1, 0.15) is 47.6 Å². The Morgan fingerprint density at radius 1 is 1.16 bits per heavy atom. The van der Waals surface area contributed by atoms with Crippen molar-refractivity contribution in [2.75, 3.05) is 30.4 Å². The lowest BCUT2D eigenvalue weighted by molar-refractivity contribution is -0.140. The van der Waals surface area contributed by atoms with Crippen LogP contribution >= 0.6 is 0 Å². The third-order valence-corrected chi connectivity index (χ3v) is 7.11. The minimum atomic E-state index is -4.81. The molecule has 4 heterocycles. The maximum atomic E-state index is 14.9. The van der Waals surface area contributed by atoms with Gasteiger partial charge in [-0.15, -0.1) is 0 Å². The Morgan fingerprint density at radius 2 is 1.95 bits per heavy atom. The van der Waals surface area contributed by atoms with E-state index in [2.05, 4.69) is 20.2 Å². The zero-order chi connectivity index (χ0) is 26.5. The predicted molar refractivity (Wildman–Crippen MR) is 129 cm³/mol. The summed E-state index contributed by atoms with van der Waals surface area (Å²) < 4.78 is 54.8. The van der Waals surface area contributed by atoms with Gasteiger partial charge >= 0.3 is 6.18 Å². The number of hydrogen-bond acceptors (Lipinski definition) is 6. The van der Waals surface area contributed by atoms with Gasteiger partial charge in [0.25, 0.3) is 0 Å². The summed E-state index contributed by atoms with van der Waals surface area (Å²) >= 11 is 0. The lowest BCUT2D eigenvalue weighted by atomic mass is 9.76. The molecule has 2 aliphatic heterocycles. The molecular formula is C26H26F4N6O. The molecule has 1 amide bonds. The maximum Gasteiger partial charge on any atom is 0.419 e. The van der Waals surface area contributed by atoms with Crippen molar-refractivity contribution in [3.8, 4) is 0 Å². The van der Waals surface area contributed by atoms with Crippen LogP contribution in [0.4, 0.5) is 29.1 Å². The SMILES string of the molecule is Cc1nc(N[C@H](C)c2cccc(C(F)(F)F)c2F)c2c(n1)C1(CCN(C)C1)C(=O)N(c1cccnc1)C2. The topological polar surface area (TPSA) is 74.2 Å². The van der Waals surface area contributed by atoms with Crippen LogP contribution in [0.5, 0.6) is 0 Å². The van der Waals surface area contributed by atoms with Crippen molar-refractivity contribution in [2.24, 2.45) is 0 Å². The van der Waals surface area contributed by atoms with E-state index in [0.29, 0.717) is 48.1 Å². The summed E-state index contributed by atoms with van der Waals surface area (Å²) in [7, 11) is 1.94. The Balaban J connectivity index is 1.60. The maximum absolute atomic E-state index is 14.9. The molecule has 1 N–H and O–H groups in total. The van der Waals surface area contributed by atoms with Crippen molar-refractivity contribution in [2.45, 2.75) is 44.4 Å². The molecular weight excluding hydrogens is 488 g/mol. The number of nitrogens with one attached hydrogen (secondary N) is 1. The van der Waals surface area contributed by atoms with E-state index in [1.807, 2.05) is 7.05 Å². The molecule has 7 nitrogen and oxygen atoms in total. The number of carbonyl (C=O) groups excluding carboxylic acids is 1. The number of aryl methyl sites for hydroxylation is 1. The molecule has 3 aromatic rings. The lowest BCUT2D eigenvalue weighted by Crippen LogP contribution is -2.53. The molecule has 0 saturated carbocycles. The molecule has 0 aliphatic carbocycles. The van der Waals surface area contributed by atoms with E-state index in [1.54, 1.807) is 43.3 Å². The van der Waals surface area contributed by atoms with E-state index < -0.39 is 29.0 Å². The minimum absolute atomic E-state index is 0.0848. The number of halogens is 4. The first-order valence-electron chi connectivity index (χ1n) is 11.9. The van der Waals surface area contributed by atoms with Gasteiger partial charge in [0.1, 0.15) is 22.9 Å². The highest BCUT2D eigenvalue weighted by molar-refractivity contribution is 6.03. The number of amides is 1. The predicted octanol–water partition coefficient (Wildman–Crippen LogP) is 4.63. The van der Waals surface area contributed by atoms with Crippen LogP contribution in [0.25, 0.3) is 0 Å². The largest absolute Gasteiger partial charge is 0.419 e. The number of aromatic nitrogens is 3. The van der Waals surface area contributed by atoms with Gasteiger partial charge in [-0.05, 0) is 52.1 Å². The van der Waals surface area contributed by atoms with Crippen molar-refractivity contribution in [3.63, 3.8) is 0 Å². The van der Waals surface area contributed by atoms with Gasteiger partial charge in [0.2, 0.25) is 5.91 Å². The number of likely N-dealkylation sites (N-methyl/N-ethyl adjacent to an activating group) is 1. The van der Waals surface area contributed by atoms with Gasteiger partial charge in [-0.3, -0.25) is 9.78 Å². The number of benzene rings is 1.